The van der Waals surface area contributed by atoms with Crippen molar-refractivity contribution in [2.24, 2.45) is 0 Å². The van der Waals surface area contributed by atoms with Crippen molar-refractivity contribution in [2.45, 2.75) is 0 Å². The molecule has 6 heteroatoms. The Labute approximate surface area is 121 Å². The first-order valence-electron chi connectivity index (χ1n) is 5.76. The Morgan fingerprint density at radius 1 is 0.950 bits per heavy atom. The van der Waals surface area contributed by atoms with Crippen molar-refractivity contribution in [3.05, 3.63) is 59.0 Å². The van der Waals surface area contributed by atoms with Gasteiger partial charge < -0.3 is 0 Å². The number of nitrogens with one attached hydrogen (secondary N) is 1. The van der Waals surface area contributed by atoms with Crippen LogP contribution in [0.2, 0.25) is 0 Å². The predicted molar refractivity (Wildman–Crippen MR) is 74.9 cm³/mol. The summed E-state index contributed by atoms with van der Waals surface area (Å²) >= 11 is 3.38. The molecule has 0 aliphatic rings. The summed E-state index contributed by atoms with van der Waals surface area (Å²) in [4.78, 5) is 3.96. The number of benzene rings is 1. The number of hydrogen-bond acceptors (Lipinski definition) is 2. The van der Waals surface area contributed by atoms with Crippen LogP contribution in [0.15, 0.2) is 47.3 Å². The van der Waals surface area contributed by atoms with Gasteiger partial charge in [-0.15, -0.1) is 0 Å². The molecule has 0 unspecified atom stereocenters. The lowest BCUT2D eigenvalue weighted by Crippen LogP contribution is -1.88. The number of nitrogens with zero attached hydrogens (tertiary/aromatic N) is 2. The largest absolute Gasteiger partial charge is 0.270 e. The van der Waals surface area contributed by atoms with E-state index in [0.717, 1.165) is 23.3 Å². The molecule has 0 bridgehead atoms. The Hall–Kier alpha value is -2.08. The van der Waals surface area contributed by atoms with E-state index < -0.39 is 11.6 Å². The number of hydrogen-bond donors (Lipinski definition) is 1. The van der Waals surface area contributed by atoms with E-state index in [2.05, 4.69) is 31.1 Å². The molecule has 2 heterocycles. The normalized spacial score (nSPS) is 10.8. The van der Waals surface area contributed by atoms with E-state index >= 15 is 0 Å². The lowest BCUT2D eigenvalue weighted by molar-refractivity contribution is 0.509. The highest BCUT2D eigenvalue weighted by Gasteiger charge is 2.16. The van der Waals surface area contributed by atoms with E-state index in [9.17, 15) is 8.78 Å². The molecule has 0 radical (unpaired) electrons. The highest BCUT2D eigenvalue weighted by molar-refractivity contribution is 9.10. The van der Waals surface area contributed by atoms with Gasteiger partial charge in [-0.1, -0.05) is 0 Å². The second kappa shape index (κ2) is 5.13. The molecule has 1 N–H and O–H groups in total. The van der Waals surface area contributed by atoms with Gasteiger partial charge in [-0.25, -0.2) is 8.78 Å². The molecule has 20 heavy (non-hydrogen) atoms. The van der Waals surface area contributed by atoms with Gasteiger partial charge in [0, 0.05) is 23.5 Å². The maximum absolute atomic E-state index is 13.4. The lowest BCUT2D eigenvalue weighted by atomic mass is 10.0. The Kier molecular flexibility index (Phi) is 3.31. The second-order valence-electron chi connectivity index (χ2n) is 4.13. The molecule has 0 amide bonds. The molecule has 0 aliphatic heterocycles. The first-order valence-corrected chi connectivity index (χ1v) is 6.56. The van der Waals surface area contributed by atoms with Gasteiger partial charge in [-0.05, 0) is 51.8 Å². The molecule has 0 aliphatic carbocycles. The third kappa shape index (κ3) is 2.22. The summed E-state index contributed by atoms with van der Waals surface area (Å²) < 4.78 is 27.1. The van der Waals surface area contributed by atoms with E-state index in [-0.39, 0.29) is 0 Å². The SMILES string of the molecule is Fc1ccc(-c2n[nH]c(Br)c2-c2ccncc2)cc1F. The van der Waals surface area contributed by atoms with Crippen LogP contribution in [0.1, 0.15) is 0 Å². The van der Waals surface area contributed by atoms with Gasteiger partial charge in [0.15, 0.2) is 11.6 Å². The molecular formula is C14H8BrF2N3. The van der Waals surface area contributed by atoms with E-state index in [1.807, 2.05) is 12.1 Å². The Bertz CT molecular complexity index is 756. The number of H-pyrrole nitrogens is 1. The summed E-state index contributed by atoms with van der Waals surface area (Å²) in [5.41, 5.74) is 2.69. The summed E-state index contributed by atoms with van der Waals surface area (Å²) in [5.74, 6) is -1.78. The molecule has 3 nitrogen and oxygen atoms in total. The minimum atomic E-state index is -0.901. The minimum Gasteiger partial charge on any atom is -0.270 e. The molecule has 1 aromatic carbocycles. The van der Waals surface area contributed by atoms with Crippen molar-refractivity contribution in [1.82, 2.24) is 15.2 Å². The van der Waals surface area contributed by atoms with Crippen LogP contribution in [-0.2, 0) is 0 Å². The van der Waals surface area contributed by atoms with Crippen LogP contribution in [0.5, 0.6) is 0 Å². The number of rotatable bonds is 2. The fourth-order valence-electron chi connectivity index (χ4n) is 1.96. The molecular weight excluding hydrogens is 328 g/mol. The average Bonchev–Trinajstić information content (AvgIpc) is 2.85. The first kappa shape index (κ1) is 12.9. The topological polar surface area (TPSA) is 41.6 Å². The van der Waals surface area contributed by atoms with E-state index in [0.29, 0.717) is 15.9 Å². The Morgan fingerprint density at radius 2 is 1.70 bits per heavy atom. The molecule has 0 atom stereocenters. The van der Waals surface area contributed by atoms with Crippen molar-refractivity contribution >= 4 is 15.9 Å². The summed E-state index contributed by atoms with van der Waals surface area (Å²) in [7, 11) is 0. The monoisotopic (exact) mass is 335 g/mol. The van der Waals surface area contributed by atoms with E-state index in [1.165, 1.54) is 6.07 Å². The zero-order chi connectivity index (χ0) is 14.1. The van der Waals surface area contributed by atoms with Crippen molar-refractivity contribution in [1.29, 1.82) is 0 Å². The third-order valence-corrected chi connectivity index (χ3v) is 3.46. The maximum atomic E-state index is 13.4. The minimum absolute atomic E-state index is 0.498. The highest BCUT2D eigenvalue weighted by atomic mass is 79.9. The molecule has 0 spiro atoms. The second-order valence-corrected chi connectivity index (χ2v) is 4.92. The number of pyridine rings is 1. The number of aromatic amines is 1. The molecule has 0 saturated carbocycles. The summed E-state index contributed by atoms with van der Waals surface area (Å²) in [6.07, 6.45) is 3.31. The zero-order valence-corrected chi connectivity index (χ0v) is 11.7. The van der Waals surface area contributed by atoms with Crippen LogP contribution < -0.4 is 0 Å². The van der Waals surface area contributed by atoms with Gasteiger partial charge >= 0.3 is 0 Å². The van der Waals surface area contributed by atoms with Gasteiger partial charge in [0.25, 0.3) is 0 Å². The van der Waals surface area contributed by atoms with Crippen LogP contribution >= 0.6 is 15.9 Å². The van der Waals surface area contributed by atoms with Crippen molar-refractivity contribution in [3.8, 4) is 22.4 Å². The highest BCUT2D eigenvalue weighted by Crippen LogP contribution is 2.35. The summed E-state index contributed by atoms with van der Waals surface area (Å²) in [6, 6.07) is 7.34. The number of halogens is 3. The first-order chi connectivity index (χ1) is 9.66. The molecule has 3 aromatic rings. The van der Waals surface area contributed by atoms with Crippen LogP contribution in [0.4, 0.5) is 8.78 Å². The van der Waals surface area contributed by atoms with Gasteiger partial charge in [-0.3, -0.25) is 10.1 Å². The molecule has 0 fully saturated rings. The molecule has 3 rings (SSSR count). The van der Waals surface area contributed by atoms with Gasteiger partial charge in [-0.2, -0.15) is 5.10 Å². The lowest BCUT2D eigenvalue weighted by Gasteiger charge is -2.04. The fourth-order valence-corrected chi connectivity index (χ4v) is 2.46. The fraction of sp³-hybridized carbons (Fsp3) is 0. The quantitative estimate of drug-likeness (QED) is 0.763. The van der Waals surface area contributed by atoms with E-state index in [1.54, 1.807) is 12.4 Å². The molecule has 2 aromatic heterocycles. The maximum Gasteiger partial charge on any atom is 0.159 e. The van der Waals surface area contributed by atoms with Gasteiger partial charge in [0.05, 0.1) is 0 Å². The smallest absolute Gasteiger partial charge is 0.159 e. The Balaban J connectivity index is 2.18. The average molecular weight is 336 g/mol. The Morgan fingerprint density at radius 3 is 2.40 bits per heavy atom. The zero-order valence-electron chi connectivity index (χ0n) is 10.1. The standard InChI is InChI=1S/C14H8BrF2N3/c15-14-12(8-3-5-18-6-4-8)13(19-20-14)9-1-2-10(16)11(17)7-9/h1-7H,(H,19,20). The van der Waals surface area contributed by atoms with Crippen LogP contribution in [0, 0.1) is 11.6 Å². The van der Waals surface area contributed by atoms with Crippen LogP contribution in [0.25, 0.3) is 22.4 Å². The van der Waals surface area contributed by atoms with Crippen molar-refractivity contribution in [3.63, 3.8) is 0 Å². The predicted octanol–water partition coefficient (Wildman–Crippen LogP) is 4.18. The van der Waals surface area contributed by atoms with E-state index in [4.69, 9.17) is 0 Å². The molecule has 0 saturated heterocycles. The number of aromatic nitrogens is 3. The molecule has 100 valence electrons. The van der Waals surface area contributed by atoms with Crippen molar-refractivity contribution in [2.75, 3.05) is 0 Å². The third-order valence-electron chi connectivity index (χ3n) is 2.88. The van der Waals surface area contributed by atoms with Crippen LogP contribution in [0.3, 0.4) is 0 Å². The van der Waals surface area contributed by atoms with Crippen LogP contribution in [-0.4, -0.2) is 15.2 Å². The summed E-state index contributed by atoms with van der Waals surface area (Å²) in [6.45, 7) is 0. The van der Waals surface area contributed by atoms with Gasteiger partial charge in [0.1, 0.15) is 10.3 Å². The summed E-state index contributed by atoms with van der Waals surface area (Å²) in [5, 5.41) is 6.95. The van der Waals surface area contributed by atoms with Crippen molar-refractivity contribution < 1.29 is 8.78 Å². The van der Waals surface area contributed by atoms with Gasteiger partial charge in [0.2, 0.25) is 0 Å².